The summed E-state index contributed by atoms with van der Waals surface area (Å²) in [5.74, 6) is 0.638. The molecule has 0 radical (unpaired) electrons. The molecule has 0 saturated carbocycles. The van der Waals surface area contributed by atoms with Gasteiger partial charge in [-0.1, -0.05) is 19.9 Å². The van der Waals surface area contributed by atoms with E-state index in [0.29, 0.717) is 5.92 Å². The van der Waals surface area contributed by atoms with Crippen molar-refractivity contribution in [1.29, 1.82) is 0 Å². The molecule has 16 heavy (non-hydrogen) atoms. The Morgan fingerprint density at radius 2 is 2.00 bits per heavy atom. The number of nitrogens with one attached hydrogen (secondary N) is 1. The van der Waals surface area contributed by atoms with E-state index in [2.05, 4.69) is 41.5 Å². The Morgan fingerprint density at radius 3 is 2.69 bits per heavy atom. The number of hydrogen-bond acceptors (Lipinski definition) is 3. The molecule has 4 nitrogen and oxygen atoms in total. The normalized spacial score (nSPS) is 10.7. The van der Waals surface area contributed by atoms with Crippen LogP contribution in [-0.2, 0) is 0 Å². The van der Waals surface area contributed by atoms with Gasteiger partial charge in [-0.05, 0) is 24.1 Å². The molecule has 1 heterocycles. The van der Waals surface area contributed by atoms with Crippen molar-refractivity contribution in [2.24, 2.45) is 5.92 Å². The molecule has 1 N–H and O–H groups in total. The number of aromatic nitrogens is 3. The monoisotopic (exact) mass is 216 g/mol. The largest absolute Gasteiger partial charge is 0.385 e. The lowest BCUT2D eigenvalue weighted by Gasteiger charge is -2.10. The van der Waals surface area contributed by atoms with Crippen LogP contribution in [0.3, 0.4) is 0 Å². The molecule has 1 aromatic heterocycles. The zero-order valence-corrected chi connectivity index (χ0v) is 9.59. The van der Waals surface area contributed by atoms with Gasteiger partial charge in [-0.2, -0.15) is 0 Å². The smallest absolute Gasteiger partial charge is 0.123 e. The lowest BCUT2D eigenvalue weighted by Crippen LogP contribution is -2.08. The van der Waals surface area contributed by atoms with E-state index >= 15 is 0 Å². The highest BCUT2D eigenvalue weighted by molar-refractivity contribution is 5.50. The Hall–Kier alpha value is -1.84. The summed E-state index contributed by atoms with van der Waals surface area (Å²) in [6.07, 6.45) is 3.39. The summed E-state index contributed by atoms with van der Waals surface area (Å²) < 4.78 is 1.89. The molecule has 0 aliphatic carbocycles. The number of anilines is 1. The minimum absolute atomic E-state index is 0.638. The summed E-state index contributed by atoms with van der Waals surface area (Å²) in [6.45, 7) is 5.36. The Morgan fingerprint density at radius 1 is 1.25 bits per heavy atom. The second-order valence-electron chi connectivity index (χ2n) is 4.19. The molecule has 0 atom stereocenters. The average Bonchev–Trinajstić information content (AvgIpc) is 2.80. The molecule has 0 unspecified atom stereocenters. The molecule has 2 rings (SSSR count). The fraction of sp³-hybridized carbons (Fsp3) is 0.333. The van der Waals surface area contributed by atoms with E-state index in [1.807, 2.05) is 16.7 Å². The van der Waals surface area contributed by atoms with Gasteiger partial charge in [0.25, 0.3) is 0 Å². The van der Waals surface area contributed by atoms with Crippen LogP contribution >= 0.6 is 0 Å². The van der Waals surface area contributed by atoms with Crippen LogP contribution in [0.25, 0.3) is 5.69 Å². The first-order valence-electron chi connectivity index (χ1n) is 5.44. The molecule has 0 saturated heterocycles. The highest BCUT2D eigenvalue weighted by Gasteiger charge is 1.99. The van der Waals surface area contributed by atoms with E-state index in [4.69, 9.17) is 0 Å². The molecular formula is C12H16N4. The van der Waals surface area contributed by atoms with Gasteiger partial charge >= 0.3 is 0 Å². The first-order chi connectivity index (χ1) is 7.75. The van der Waals surface area contributed by atoms with E-state index in [1.54, 1.807) is 12.7 Å². The van der Waals surface area contributed by atoms with Crippen molar-refractivity contribution in [2.75, 3.05) is 11.9 Å². The third-order valence-corrected chi connectivity index (χ3v) is 2.28. The third kappa shape index (κ3) is 2.59. The highest BCUT2D eigenvalue weighted by Crippen LogP contribution is 2.14. The average molecular weight is 216 g/mol. The maximum Gasteiger partial charge on any atom is 0.123 e. The fourth-order valence-corrected chi connectivity index (χ4v) is 1.43. The predicted octanol–water partition coefficient (Wildman–Crippen LogP) is 2.34. The first-order valence-corrected chi connectivity index (χ1v) is 5.44. The van der Waals surface area contributed by atoms with Crippen LogP contribution in [0.15, 0.2) is 36.9 Å². The zero-order valence-electron chi connectivity index (χ0n) is 9.59. The van der Waals surface area contributed by atoms with Crippen LogP contribution in [0.2, 0.25) is 0 Å². The molecule has 1 aromatic carbocycles. The standard InChI is InChI=1S/C12H16N4/c1-10(2)7-13-11-4-3-5-12(6-11)16-8-14-15-9-16/h3-6,8-10,13H,7H2,1-2H3. The molecule has 0 aliphatic heterocycles. The van der Waals surface area contributed by atoms with Crippen molar-refractivity contribution in [3.8, 4) is 5.69 Å². The van der Waals surface area contributed by atoms with Gasteiger partial charge in [0, 0.05) is 12.2 Å². The van der Waals surface area contributed by atoms with Gasteiger partial charge < -0.3 is 5.32 Å². The number of benzene rings is 1. The van der Waals surface area contributed by atoms with Crippen LogP contribution in [0.5, 0.6) is 0 Å². The number of rotatable bonds is 4. The highest BCUT2D eigenvalue weighted by atomic mass is 15.2. The minimum atomic E-state index is 0.638. The maximum atomic E-state index is 3.79. The molecule has 0 bridgehead atoms. The van der Waals surface area contributed by atoms with Crippen LogP contribution < -0.4 is 5.32 Å². The Kier molecular flexibility index (Phi) is 3.19. The summed E-state index contributed by atoms with van der Waals surface area (Å²) in [5.41, 5.74) is 2.19. The summed E-state index contributed by atoms with van der Waals surface area (Å²) in [4.78, 5) is 0. The minimum Gasteiger partial charge on any atom is -0.385 e. The van der Waals surface area contributed by atoms with Crippen molar-refractivity contribution in [2.45, 2.75) is 13.8 Å². The SMILES string of the molecule is CC(C)CNc1cccc(-n2cnnc2)c1. The molecule has 0 spiro atoms. The van der Waals surface area contributed by atoms with Crippen molar-refractivity contribution < 1.29 is 0 Å². The lowest BCUT2D eigenvalue weighted by atomic mass is 10.2. The van der Waals surface area contributed by atoms with Crippen LogP contribution in [-0.4, -0.2) is 21.3 Å². The number of hydrogen-bond donors (Lipinski definition) is 1. The Bertz CT molecular complexity index is 434. The van der Waals surface area contributed by atoms with Gasteiger partial charge in [0.2, 0.25) is 0 Å². The molecule has 0 fully saturated rings. The van der Waals surface area contributed by atoms with Crippen LogP contribution in [0.1, 0.15) is 13.8 Å². The van der Waals surface area contributed by atoms with Gasteiger partial charge in [-0.15, -0.1) is 10.2 Å². The second kappa shape index (κ2) is 4.79. The van der Waals surface area contributed by atoms with Crippen molar-refractivity contribution in [3.05, 3.63) is 36.9 Å². The summed E-state index contributed by atoms with van der Waals surface area (Å²) >= 11 is 0. The lowest BCUT2D eigenvalue weighted by molar-refractivity contribution is 0.689. The van der Waals surface area contributed by atoms with E-state index in [9.17, 15) is 0 Å². The Labute approximate surface area is 95.3 Å². The maximum absolute atomic E-state index is 3.79. The topological polar surface area (TPSA) is 42.7 Å². The summed E-state index contributed by atoms with van der Waals surface area (Å²) in [5, 5.41) is 11.0. The van der Waals surface area contributed by atoms with Crippen LogP contribution in [0.4, 0.5) is 5.69 Å². The fourth-order valence-electron chi connectivity index (χ4n) is 1.43. The molecule has 2 aromatic rings. The van der Waals surface area contributed by atoms with Gasteiger partial charge in [0.05, 0.1) is 5.69 Å². The van der Waals surface area contributed by atoms with Crippen molar-refractivity contribution in [1.82, 2.24) is 14.8 Å². The third-order valence-electron chi connectivity index (χ3n) is 2.28. The van der Waals surface area contributed by atoms with Crippen molar-refractivity contribution >= 4 is 5.69 Å². The van der Waals surface area contributed by atoms with Gasteiger partial charge in [-0.25, -0.2) is 0 Å². The first kappa shape index (κ1) is 10.7. The molecule has 0 aliphatic rings. The molecule has 84 valence electrons. The summed E-state index contributed by atoms with van der Waals surface area (Å²) in [6, 6.07) is 8.21. The zero-order chi connectivity index (χ0) is 11.4. The van der Waals surface area contributed by atoms with Gasteiger partial charge in [-0.3, -0.25) is 4.57 Å². The number of nitrogens with zero attached hydrogens (tertiary/aromatic N) is 3. The summed E-state index contributed by atoms with van der Waals surface area (Å²) in [7, 11) is 0. The molecule has 4 heteroatoms. The second-order valence-corrected chi connectivity index (χ2v) is 4.19. The Balaban J connectivity index is 2.14. The van der Waals surface area contributed by atoms with E-state index in [1.165, 1.54) is 0 Å². The molecule has 0 amide bonds. The van der Waals surface area contributed by atoms with E-state index in [-0.39, 0.29) is 0 Å². The van der Waals surface area contributed by atoms with E-state index in [0.717, 1.165) is 17.9 Å². The van der Waals surface area contributed by atoms with Gasteiger partial charge in [0.15, 0.2) is 0 Å². The predicted molar refractivity (Wildman–Crippen MR) is 64.7 cm³/mol. The molecular weight excluding hydrogens is 200 g/mol. The van der Waals surface area contributed by atoms with Crippen LogP contribution in [0, 0.1) is 5.92 Å². The quantitative estimate of drug-likeness (QED) is 0.853. The van der Waals surface area contributed by atoms with Crippen molar-refractivity contribution in [3.63, 3.8) is 0 Å². The van der Waals surface area contributed by atoms with Gasteiger partial charge in [0.1, 0.15) is 12.7 Å². The van der Waals surface area contributed by atoms with E-state index < -0.39 is 0 Å².